The molecule has 0 aliphatic carbocycles. The molecule has 0 atom stereocenters. The van der Waals surface area contributed by atoms with Gasteiger partial charge in [-0.05, 0) is 54.8 Å². The molecule has 0 saturated heterocycles. The third kappa shape index (κ3) is 5.38. The second kappa shape index (κ2) is 8.64. The lowest BCUT2D eigenvalue weighted by Gasteiger charge is -2.17. The number of rotatable bonds is 5. The number of anilines is 1. The Hall–Kier alpha value is -1.23. The summed E-state index contributed by atoms with van der Waals surface area (Å²) in [7, 11) is 0. The van der Waals surface area contributed by atoms with Crippen LogP contribution in [0.2, 0.25) is 5.02 Å². The van der Waals surface area contributed by atoms with E-state index in [0.717, 1.165) is 54.6 Å². The van der Waals surface area contributed by atoms with Crippen LogP contribution in [0, 0.1) is 0 Å². The van der Waals surface area contributed by atoms with Gasteiger partial charge in [-0.15, -0.1) is 11.8 Å². The highest BCUT2D eigenvalue weighted by molar-refractivity contribution is 7.99. The van der Waals surface area contributed by atoms with Gasteiger partial charge in [-0.1, -0.05) is 44.5 Å². The Morgan fingerprint density at radius 1 is 1.15 bits per heavy atom. The summed E-state index contributed by atoms with van der Waals surface area (Å²) in [6, 6.07) is 8.47. The highest BCUT2D eigenvalue weighted by atomic mass is 35.5. The van der Waals surface area contributed by atoms with Crippen LogP contribution in [0.1, 0.15) is 43.2 Å². The van der Waals surface area contributed by atoms with Gasteiger partial charge in [-0.2, -0.15) is 0 Å². The molecule has 140 valence electrons. The SMILES string of the molecule is CC(C)(C)SCc1ccc(CNc2c(Cl)ccc3c2CCNCC3)cn1. The number of aromatic nitrogens is 1. The fourth-order valence-electron chi connectivity index (χ4n) is 3.06. The van der Waals surface area contributed by atoms with Crippen LogP contribution >= 0.6 is 23.4 Å². The first-order valence-corrected chi connectivity index (χ1v) is 10.6. The van der Waals surface area contributed by atoms with Crippen LogP contribution < -0.4 is 10.6 Å². The molecule has 1 aliphatic heterocycles. The number of hydrogen-bond acceptors (Lipinski definition) is 4. The van der Waals surface area contributed by atoms with E-state index in [0.29, 0.717) is 0 Å². The summed E-state index contributed by atoms with van der Waals surface area (Å²) in [6.45, 7) is 9.48. The number of nitrogens with one attached hydrogen (secondary N) is 2. The molecule has 0 spiro atoms. The van der Waals surface area contributed by atoms with E-state index in [4.69, 9.17) is 11.6 Å². The molecule has 1 aliphatic rings. The zero-order valence-corrected chi connectivity index (χ0v) is 17.4. The molecule has 3 nitrogen and oxygen atoms in total. The molecule has 1 aromatic heterocycles. The molecule has 0 amide bonds. The van der Waals surface area contributed by atoms with Crippen molar-refractivity contribution in [3.63, 3.8) is 0 Å². The minimum absolute atomic E-state index is 0.263. The predicted molar refractivity (Wildman–Crippen MR) is 114 cm³/mol. The van der Waals surface area contributed by atoms with Gasteiger partial charge >= 0.3 is 0 Å². The Labute approximate surface area is 166 Å². The topological polar surface area (TPSA) is 37.0 Å². The van der Waals surface area contributed by atoms with E-state index in [-0.39, 0.29) is 4.75 Å². The zero-order valence-electron chi connectivity index (χ0n) is 15.9. The summed E-state index contributed by atoms with van der Waals surface area (Å²) in [5, 5.41) is 7.82. The molecule has 2 heterocycles. The van der Waals surface area contributed by atoms with E-state index >= 15 is 0 Å². The first-order chi connectivity index (χ1) is 12.4. The van der Waals surface area contributed by atoms with Crippen molar-refractivity contribution >= 4 is 29.1 Å². The van der Waals surface area contributed by atoms with Crippen LogP contribution in [0.15, 0.2) is 30.5 Å². The molecule has 0 radical (unpaired) electrons. The van der Waals surface area contributed by atoms with Gasteiger partial charge in [0, 0.05) is 23.2 Å². The quantitative estimate of drug-likeness (QED) is 0.748. The first kappa shape index (κ1) is 19.5. The summed E-state index contributed by atoms with van der Waals surface area (Å²) in [4.78, 5) is 4.62. The van der Waals surface area contributed by atoms with E-state index in [9.17, 15) is 0 Å². The first-order valence-electron chi connectivity index (χ1n) is 9.25. The van der Waals surface area contributed by atoms with Crippen molar-refractivity contribution in [2.45, 2.75) is 50.7 Å². The maximum absolute atomic E-state index is 6.49. The van der Waals surface area contributed by atoms with Crippen molar-refractivity contribution < 1.29 is 0 Å². The number of halogens is 1. The van der Waals surface area contributed by atoms with Crippen molar-refractivity contribution in [1.82, 2.24) is 10.3 Å². The van der Waals surface area contributed by atoms with Gasteiger partial charge in [0.15, 0.2) is 0 Å². The van der Waals surface area contributed by atoms with Gasteiger partial charge in [0.1, 0.15) is 0 Å². The van der Waals surface area contributed by atoms with Gasteiger partial charge in [0.05, 0.1) is 16.4 Å². The Morgan fingerprint density at radius 2 is 1.96 bits per heavy atom. The Morgan fingerprint density at radius 3 is 2.69 bits per heavy atom. The van der Waals surface area contributed by atoms with Crippen molar-refractivity contribution in [3.8, 4) is 0 Å². The maximum Gasteiger partial charge on any atom is 0.0640 e. The number of nitrogens with zero attached hydrogens (tertiary/aromatic N) is 1. The predicted octanol–water partition coefficient (Wildman–Crippen LogP) is 5.07. The van der Waals surface area contributed by atoms with Crippen molar-refractivity contribution in [2.24, 2.45) is 0 Å². The van der Waals surface area contributed by atoms with E-state index in [1.54, 1.807) is 0 Å². The fourth-order valence-corrected chi connectivity index (χ4v) is 4.06. The molecule has 0 fully saturated rings. The number of benzene rings is 1. The van der Waals surface area contributed by atoms with Gasteiger partial charge in [0.25, 0.3) is 0 Å². The largest absolute Gasteiger partial charge is 0.379 e. The summed E-state index contributed by atoms with van der Waals surface area (Å²) in [5.41, 5.74) is 6.14. The molecular formula is C21H28ClN3S. The van der Waals surface area contributed by atoms with Crippen LogP contribution in [0.25, 0.3) is 0 Å². The van der Waals surface area contributed by atoms with Gasteiger partial charge in [-0.25, -0.2) is 0 Å². The molecule has 0 unspecified atom stereocenters. The smallest absolute Gasteiger partial charge is 0.0640 e. The molecule has 3 rings (SSSR count). The van der Waals surface area contributed by atoms with Crippen LogP contribution in [-0.2, 0) is 25.1 Å². The third-order valence-electron chi connectivity index (χ3n) is 4.49. The van der Waals surface area contributed by atoms with Gasteiger partial charge < -0.3 is 10.6 Å². The summed E-state index contributed by atoms with van der Waals surface area (Å²) in [6.07, 6.45) is 4.05. The Kier molecular flexibility index (Phi) is 6.49. The molecule has 1 aromatic carbocycles. The average molecular weight is 390 g/mol. The molecular weight excluding hydrogens is 362 g/mol. The number of thioether (sulfide) groups is 1. The molecule has 0 bridgehead atoms. The van der Waals surface area contributed by atoms with Gasteiger partial charge in [-0.3, -0.25) is 4.98 Å². The Balaban J connectivity index is 1.66. The lowest BCUT2D eigenvalue weighted by Crippen LogP contribution is -2.16. The van der Waals surface area contributed by atoms with Crippen molar-refractivity contribution in [2.75, 3.05) is 18.4 Å². The van der Waals surface area contributed by atoms with E-state index < -0.39 is 0 Å². The average Bonchev–Trinajstić information content (AvgIpc) is 2.85. The van der Waals surface area contributed by atoms with E-state index in [1.165, 1.54) is 16.7 Å². The standard InChI is InChI=1S/C21H28ClN3S/c1-21(2,3)26-14-17-6-4-15(12-24-17)13-25-20-18-9-11-23-10-8-16(18)5-7-19(20)22/h4-7,12,23,25H,8-11,13-14H2,1-3H3. The normalized spacial score (nSPS) is 14.6. The lowest BCUT2D eigenvalue weighted by molar-refractivity contribution is 0.711. The monoisotopic (exact) mass is 389 g/mol. The molecule has 2 aromatic rings. The highest BCUT2D eigenvalue weighted by Crippen LogP contribution is 2.31. The summed E-state index contributed by atoms with van der Waals surface area (Å²) >= 11 is 8.41. The molecule has 5 heteroatoms. The molecule has 26 heavy (non-hydrogen) atoms. The van der Waals surface area contributed by atoms with Crippen LogP contribution in [-0.4, -0.2) is 22.8 Å². The second-order valence-corrected chi connectivity index (χ2v) is 9.93. The lowest BCUT2D eigenvalue weighted by atomic mass is 10.0. The minimum Gasteiger partial charge on any atom is -0.379 e. The second-order valence-electron chi connectivity index (χ2n) is 7.72. The highest BCUT2D eigenvalue weighted by Gasteiger charge is 2.15. The third-order valence-corrected chi connectivity index (χ3v) is 6.11. The zero-order chi connectivity index (χ0) is 18.6. The minimum atomic E-state index is 0.263. The van der Waals surface area contributed by atoms with Crippen LogP contribution in [0.4, 0.5) is 5.69 Å². The number of hydrogen-bond donors (Lipinski definition) is 2. The van der Waals surface area contributed by atoms with Crippen LogP contribution in [0.3, 0.4) is 0 Å². The van der Waals surface area contributed by atoms with Gasteiger partial charge in [0.2, 0.25) is 0 Å². The van der Waals surface area contributed by atoms with Crippen molar-refractivity contribution in [3.05, 3.63) is 57.9 Å². The van der Waals surface area contributed by atoms with E-state index in [1.807, 2.05) is 24.0 Å². The van der Waals surface area contributed by atoms with Crippen molar-refractivity contribution in [1.29, 1.82) is 0 Å². The number of fused-ring (bicyclic) bond motifs is 1. The molecule has 2 N–H and O–H groups in total. The number of pyridine rings is 1. The summed E-state index contributed by atoms with van der Waals surface area (Å²) in [5.74, 6) is 0.947. The Bertz CT molecular complexity index is 738. The fraction of sp³-hybridized carbons (Fsp3) is 0.476. The van der Waals surface area contributed by atoms with Crippen LogP contribution in [0.5, 0.6) is 0 Å². The van der Waals surface area contributed by atoms with E-state index in [2.05, 4.69) is 54.6 Å². The maximum atomic E-state index is 6.49. The molecule has 0 saturated carbocycles. The summed E-state index contributed by atoms with van der Waals surface area (Å²) < 4.78 is 0.263.